The third kappa shape index (κ3) is 2.82. The Morgan fingerprint density at radius 3 is 2.17 bits per heavy atom. The molecule has 3 aliphatic rings. The first-order chi connectivity index (χ1) is 8.18. The molecule has 1 saturated carbocycles. The van der Waals surface area contributed by atoms with Gasteiger partial charge in [0, 0.05) is 38.8 Å². The predicted octanol–water partition coefficient (Wildman–Crippen LogP) is -0.120. The minimum absolute atomic E-state index is 0. The van der Waals surface area contributed by atoms with Crippen molar-refractivity contribution in [3.05, 3.63) is 0 Å². The second-order valence-electron chi connectivity index (χ2n) is 5.33. The van der Waals surface area contributed by atoms with Crippen LogP contribution in [0.3, 0.4) is 0 Å². The molecule has 0 aromatic heterocycles. The number of sulfonamides is 1. The fourth-order valence-corrected chi connectivity index (χ4v) is 4.68. The van der Waals surface area contributed by atoms with Crippen molar-refractivity contribution in [2.45, 2.75) is 30.6 Å². The van der Waals surface area contributed by atoms with Crippen LogP contribution in [0.25, 0.3) is 0 Å². The summed E-state index contributed by atoms with van der Waals surface area (Å²) < 4.78 is 25.9. The molecule has 0 bridgehead atoms. The van der Waals surface area contributed by atoms with Crippen molar-refractivity contribution < 1.29 is 8.42 Å². The van der Waals surface area contributed by atoms with E-state index in [1.54, 1.807) is 4.31 Å². The van der Waals surface area contributed by atoms with E-state index in [1.165, 1.54) is 6.42 Å². The summed E-state index contributed by atoms with van der Waals surface area (Å²) in [5.74, 6) is 0. The van der Waals surface area contributed by atoms with E-state index >= 15 is 0 Å². The van der Waals surface area contributed by atoms with E-state index in [1.807, 2.05) is 0 Å². The summed E-state index contributed by atoms with van der Waals surface area (Å²) in [5, 5.41) is 3.31. The van der Waals surface area contributed by atoms with Gasteiger partial charge in [0.15, 0.2) is 0 Å². The van der Waals surface area contributed by atoms with Crippen molar-refractivity contribution in [1.29, 1.82) is 0 Å². The van der Waals surface area contributed by atoms with Gasteiger partial charge in [0.1, 0.15) is 0 Å². The molecular weight excluding hydrogens is 274 g/mol. The smallest absolute Gasteiger partial charge is 0.217 e. The Hall–Kier alpha value is 0.120. The Kier molecular flexibility index (Phi) is 4.54. The van der Waals surface area contributed by atoms with Crippen LogP contribution in [-0.4, -0.2) is 68.2 Å². The van der Waals surface area contributed by atoms with Gasteiger partial charge < -0.3 is 5.32 Å². The average molecular weight is 296 g/mol. The van der Waals surface area contributed by atoms with Crippen molar-refractivity contribution in [3.63, 3.8) is 0 Å². The Bertz CT molecular complexity index is 372. The van der Waals surface area contributed by atoms with Gasteiger partial charge in [-0.15, -0.1) is 12.4 Å². The first-order valence-electron chi connectivity index (χ1n) is 6.61. The molecule has 0 aromatic carbocycles. The number of piperazine rings is 1. The third-order valence-electron chi connectivity index (χ3n) is 4.13. The minimum Gasteiger partial charge on any atom is -0.315 e. The van der Waals surface area contributed by atoms with Crippen LogP contribution in [0.5, 0.6) is 0 Å². The number of halogens is 1. The first kappa shape index (κ1) is 14.5. The lowest BCUT2D eigenvalue weighted by Crippen LogP contribution is -2.53. The quantitative estimate of drug-likeness (QED) is 0.789. The highest BCUT2D eigenvalue weighted by molar-refractivity contribution is 7.90. The average Bonchev–Trinajstić information content (AvgIpc) is 3.07. The van der Waals surface area contributed by atoms with Gasteiger partial charge in [-0.1, -0.05) is 0 Å². The summed E-state index contributed by atoms with van der Waals surface area (Å²) in [6.07, 6.45) is 2.94. The van der Waals surface area contributed by atoms with Gasteiger partial charge in [0.2, 0.25) is 10.0 Å². The second-order valence-corrected chi connectivity index (χ2v) is 7.54. The zero-order valence-electron chi connectivity index (χ0n) is 10.5. The summed E-state index contributed by atoms with van der Waals surface area (Å²) in [7, 11) is -2.94. The Balaban J connectivity index is 0.00000120. The van der Waals surface area contributed by atoms with Crippen molar-refractivity contribution in [3.8, 4) is 0 Å². The Morgan fingerprint density at radius 2 is 1.67 bits per heavy atom. The molecule has 3 fully saturated rings. The normalized spacial score (nSPS) is 31.2. The molecule has 1 atom stereocenters. The highest BCUT2D eigenvalue weighted by Gasteiger charge is 2.41. The topological polar surface area (TPSA) is 52.7 Å². The lowest BCUT2D eigenvalue weighted by atomic mass is 10.2. The van der Waals surface area contributed by atoms with E-state index in [4.69, 9.17) is 0 Å². The molecule has 0 spiro atoms. The van der Waals surface area contributed by atoms with Gasteiger partial charge in [0.25, 0.3) is 0 Å². The van der Waals surface area contributed by atoms with Crippen LogP contribution in [0.4, 0.5) is 0 Å². The molecule has 18 heavy (non-hydrogen) atoms. The van der Waals surface area contributed by atoms with Gasteiger partial charge in [0.05, 0.1) is 5.25 Å². The molecule has 1 aliphatic carbocycles. The standard InChI is InChI=1S/C11H21N3O2S.ClH/c15-17(16,11-1-2-11)14-7-5-13(6-8-14)10-3-4-12-9-10;/h10-12H,1-9H2;1H. The van der Waals surface area contributed by atoms with Crippen LogP contribution in [-0.2, 0) is 10.0 Å². The maximum absolute atomic E-state index is 12.1. The monoisotopic (exact) mass is 295 g/mol. The summed E-state index contributed by atoms with van der Waals surface area (Å²) in [5.41, 5.74) is 0. The van der Waals surface area contributed by atoms with Crippen molar-refractivity contribution in [2.24, 2.45) is 0 Å². The van der Waals surface area contributed by atoms with E-state index in [9.17, 15) is 8.42 Å². The molecule has 2 saturated heterocycles. The minimum atomic E-state index is -2.94. The number of hydrogen-bond acceptors (Lipinski definition) is 4. The Morgan fingerprint density at radius 1 is 1.00 bits per heavy atom. The zero-order valence-corrected chi connectivity index (χ0v) is 12.2. The third-order valence-corrected chi connectivity index (χ3v) is 6.53. The molecule has 7 heteroatoms. The van der Waals surface area contributed by atoms with Gasteiger partial charge >= 0.3 is 0 Å². The van der Waals surface area contributed by atoms with Crippen LogP contribution in [0.15, 0.2) is 0 Å². The number of nitrogens with one attached hydrogen (secondary N) is 1. The molecule has 0 radical (unpaired) electrons. The van der Waals surface area contributed by atoms with E-state index in [0.29, 0.717) is 19.1 Å². The van der Waals surface area contributed by atoms with Crippen molar-refractivity contribution >= 4 is 22.4 Å². The maximum atomic E-state index is 12.1. The van der Waals surface area contributed by atoms with E-state index < -0.39 is 10.0 Å². The van der Waals surface area contributed by atoms with Crippen LogP contribution in [0.2, 0.25) is 0 Å². The second kappa shape index (κ2) is 5.63. The highest BCUT2D eigenvalue weighted by atomic mass is 35.5. The predicted molar refractivity (Wildman–Crippen MR) is 73.6 cm³/mol. The molecule has 0 aromatic rings. The molecule has 5 nitrogen and oxygen atoms in total. The molecule has 1 unspecified atom stereocenters. The fourth-order valence-electron chi connectivity index (χ4n) is 2.85. The molecule has 1 N–H and O–H groups in total. The van der Waals surface area contributed by atoms with E-state index in [2.05, 4.69) is 10.2 Å². The zero-order chi connectivity index (χ0) is 11.9. The molecule has 0 amide bonds. The molecule has 2 aliphatic heterocycles. The summed E-state index contributed by atoms with van der Waals surface area (Å²) in [6, 6.07) is 0.626. The SMILES string of the molecule is Cl.O=S(=O)(C1CC1)N1CCN(C2CCNC2)CC1. The lowest BCUT2D eigenvalue weighted by Gasteiger charge is -2.37. The van der Waals surface area contributed by atoms with Crippen molar-refractivity contribution in [1.82, 2.24) is 14.5 Å². The number of nitrogens with zero attached hydrogens (tertiary/aromatic N) is 2. The largest absolute Gasteiger partial charge is 0.315 e. The molecule has 3 rings (SSSR count). The molecular formula is C11H22ClN3O2S. The first-order valence-corrected chi connectivity index (χ1v) is 8.12. The number of hydrogen-bond donors (Lipinski definition) is 1. The van der Waals surface area contributed by atoms with E-state index in [-0.39, 0.29) is 17.7 Å². The lowest BCUT2D eigenvalue weighted by molar-refractivity contribution is 0.145. The van der Waals surface area contributed by atoms with Gasteiger partial charge in [-0.05, 0) is 25.8 Å². The summed E-state index contributed by atoms with van der Waals surface area (Å²) >= 11 is 0. The summed E-state index contributed by atoms with van der Waals surface area (Å²) in [4.78, 5) is 2.44. The maximum Gasteiger partial charge on any atom is 0.217 e. The van der Waals surface area contributed by atoms with Crippen LogP contribution >= 0.6 is 12.4 Å². The fraction of sp³-hybridized carbons (Fsp3) is 1.00. The van der Waals surface area contributed by atoms with Gasteiger partial charge in [-0.3, -0.25) is 4.90 Å². The van der Waals surface area contributed by atoms with Gasteiger partial charge in [-0.25, -0.2) is 8.42 Å². The highest BCUT2D eigenvalue weighted by Crippen LogP contribution is 2.31. The Labute approximate surface area is 115 Å². The van der Waals surface area contributed by atoms with Crippen LogP contribution in [0, 0.1) is 0 Å². The molecule has 2 heterocycles. The van der Waals surface area contributed by atoms with Gasteiger partial charge in [-0.2, -0.15) is 4.31 Å². The van der Waals surface area contributed by atoms with Crippen LogP contribution in [0.1, 0.15) is 19.3 Å². The van der Waals surface area contributed by atoms with E-state index in [0.717, 1.165) is 39.0 Å². The van der Waals surface area contributed by atoms with Crippen LogP contribution < -0.4 is 5.32 Å². The summed E-state index contributed by atoms with van der Waals surface area (Å²) in [6.45, 7) is 5.35. The number of rotatable bonds is 3. The van der Waals surface area contributed by atoms with Crippen molar-refractivity contribution in [2.75, 3.05) is 39.3 Å². The molecule has 106 valence electrons.